The van der Waals surface area contributed by atoms with Crippen LogP contribution >= 0.6 is 0 Å². The highest BCUT2D eigenvalue weighted by Gasteiger charge is 2.23. The van der Waals surface area contributed by atoms with Crippen LogP contribution in [0.1, 0.15) is 66.3 Å². The van der Waals surface area contributed by atoms with Crippen molar-refractivity contribution in [2.45, 2.75) is 71.6 Å². The minimum Gasteiger partial charge on any atom is -0.382 e. The van der Waals surface area contributed by atoms with E-state index in [4.69, 9.17) is 15.0 Å². The first-order valence-electron chi connectivity index (χ1n) is 13.2. The fraction of sp³-hybridized carbons (Fsp3) is 0.462. The third kappa shape index (κ3) is 7.29. The van der Waals surface area contributed by atoms with Gasteiger partial charge in [-0.1, -0.05) is 45.6 Å². The van der Waals surface area contributed by atoms with Crippen LogP contribution in [0, 0.1) is 0 Å². The Hall–Kier alpha value is -4.24. The summed E-state index contributed by atoms with van der Waals surface area (Å²) in [5, 5.41) is 14.1. The van der Waals surface area contributed by atoms with Gasteiger partial charge in [0, 0.05) is 26.2 Å². The molecule has 14 nitrogen and oxygen atoms in total. The Morgan fingerprint density at radius 2 is 1.90 bits per heavy atom. The van der Waals surface area contributed by atoms with Gasteiger partial charge in [0.15, 0.2) is 22.9 Å². The highest BCUT2D eigenvalue weighted by molar-refractivity contribution is 6.76. The SMILES string of the molecule is C[C@@H](NC(=O)c1ncnc2c1cnn2COCC[Si](C)(C)C)c1cc(C(=O)Nc2cnc(C(C)(C)C)nc2N)no1. The number of carbonyl (C=O) groups excluding carboxylic acids is 2. The van der Waals surface area contributed by atoms with E-state index in [0.29, 0.717) is 23.5 Å². The highest BCUT2D eigenvalue weighted by atomic mass is 28.3. The summed E-state index contributed by atoms with van der Waals surface area (Å²) < 4.78 is 12.7. The molecule has 4 aromatic rings. The first-order chi connectivity index (χ1) is 19.2. The number of hydrogen-bond donors (Lipinski definition) is 3. The quantitative estimate of drug-likeness (QED) is 0.184. The average Bonchev–Trinajstić information content (AvgIpc) is 3.54. The van der Waals surface area contributed by atoms with Gasteiger partial charge in [0.05, 0.1) is 23.8 Å². The van der Waals surface area contributed by atoms with Crippen LogP contribution in [0.3, 0.4) is 0 Å². The molecule has 0 spiro atoms. The predicted molar refractivity (Wildman–Crippen MR) is 155 cm³/mol. The minimum atomic E-state index is -1.21. The summed E-state index contributed by atoms with van der Waals surface area (Å²) in [7, 11) is -1.21. The van der Waals surface area contributed by atoms with Crippen LogP contribution < -0.4 is 16.4 Å². The lowest BCUT2D eigenvalue weighted by molar-refractivity contribution is 0.0812. The Labute approximate surface area is 238 Å². The molecule has 0 aromatic carbocycles. The van der Waals surface area contributed by atoms with Crippen molar-refractivity contribution < 1.29 is 18.8 Å². The topological polar surface area (TPSA) is 189 Å². The monoisotopic (exact) mass is 580 g/mol. The molecule has 4 heterocycles. The van der Waals surface area contributed by atoms with Crippen LogP contribution in [0.5, 0.6) is 0 Å². The Kier molecular flexibility index (Phi) is 8.49. The molecule has 0 aliphatic rings. The van der Waals surface area contributed by atoms with Crippen molar-refractivity contribution in [2.75, 3.05) is 17.7 Å². The smallest absolute Gasteiger partial charge is 0.277 e. The first kappa shape index (κ1) is 29.7. The number of amides is 2. The Morgan fingerprint density at radius 1 is 1.15 bits per heavy atom. The number of anilines is 2. The lowest BCUT2D eigenvalue weighted by Gasteiger charge is -2.17. The van der Waals surface area contributed by atoms with Crippen LogP contribution in [0.25, 0.3) is 11.0 Å². The van der Waals surface area contributed by atoms with Crippen molar-refractivity contribution in [3.05, 3.63) is 47.8 Å². The van der Waals surface area contributed by atoms with Gasteiger partial charge in [-0.25, -0.2) is 24.6 Å². The molecular weight excluding hydrogens is 544 g/mol. The zero-order valence-electron chi connectivity index (χ0n) is 24.3. The van der Waals surface area contributed by atoms with Gasteiger partial charge < -0.3 is 25.6 Å². The van der Waals surface area contributed by atoms with Crippen LogP contribution in [0.15, 0.2) is 29.3 Å². The summed E-state index contributed by atoms with van der Waals surface area (Å²) in [6.45, 7) is 15.3. The summed E-state index contributed by atoms with van der Waals surface area (Å²) in [6, 6.07) is 1.85. The molecule has 4 aromatic heterocycles. The van der Waals surface area contributed by atoms with E-state index in [-0.39, 0.29) is 40.8 Å². The van der Waals surface area contributed by atoms with Gasteiger partial charge >= 0.3 is 0 Å². The molecule has 41 heavy (non-hydrogen) atoms. The molecule has 0 saturated carbocycles. The van der Waals surface area contributed by atoms with Gasteiger partial charge in [-0.05, 0) is 13.0 Å². The number of ether oxygens (including phenoxy) is 1. The van der Waals surface area contributed by atoms with E-state index in [2.05, 4.69) is 60.5 Å². The Balaban J connectivity index is 1.40. The summed E-state index contributed by atoms with van der Waals surface area (Å²) in [5.41, 5.74) is 6.62. The number of hydrogen-bond acceptors (Lipinski definition) is 11. The normalized spacial score (nSPS) is 12.9. The molecule has 2 amide bonds. The molecule has 4 N–H and O–H groups in total. The minimum absolute atomic E-state index is 0.000210. The fourth-order valence-corrected chi connectivity index (χ4v) is 4.43. The van der Waals surface area contributed by atoms with Crippen LogP contribution in [-0.4, -0.2) is 61.4 Å². The molecule has 15 heteroatoms. The second-order valence-corrected chi connectivity index (χ2v) is 17.6. The highest BCUT2D eigenvalue weighted by Crippen LogP contribution is 2.23. The van der Waals surface area contributed by atoms with Crippen LogP contribution in [-0.2, 0) is 16.9 Å². The number of nitrogens with two attached hydrogens (primary N) is 1. The van der Waals surface area contributed by atoms with Gasteiger partial charge in [0.1, 0.15) is 30.3 Å². The number of carbonyl (C=O) groups is 2. The Bertz CT molecular complexity index is 1550. The molecule has 4 rings (SSSR count). The number of aromatic nitrogens is 7. The van der Waals surface area contributed by atoms with Crippen LogP contribution in [0.2, 0.25) is 25.7 Å². The van der Waals surface area contributed by atoms with Crippen molar-refractivity contribution in [3.63, 3.8) is 0 Å². The second kappa shape index (κ2) is 11.7. The predicted octanol–water partition coefficient (Wildman–Crippen LogP) is 3.54. The largest absolute Gasteiger partial charge is 0.382 e. The summed E-state index contributed by atoms with van der Waals surface area (Å²) in [4.78, 5) is 42.9. The first-order valence-corrected chi connectivity index (χ1v) is 16.9. The maximum absolute atomic E-state index is 13.1. The zero-order chi connectivity index (χ0) is 29.9. The third-order valence-electron chi connectivity index (χ3n) is 6.13. The molecule has 0 aliphatic heterocycles. The average molecular weight is 581 g/mol. The van der Waals surface area contributed by atoms with E-state index in [9.17, 15) is 9.59 Å². The molecule has 1 atom stereocenters. The summed E-state index contributed by atoms with van der Waals surface area (Å²) in [6.07, 6.45) is 4.30. The molecule has 0 radical (unpaired) electrons. The van der Waals surface area contributed by atoms with E-state index < -0.39 is 25.9 Å². The van der Waals surface area contributed by atoms with E-state index in [1.165, 1.54) is 24.8 Å². The molecule has 0 bridgehead atoms. The Morgan fingerprint density at radius 3 is 2.59 bits per heavy atom. The van der Waals surface area contributed by atoms with Crippen molar-refractivity contribution in [1.82, 2.24) is 40.2 Å². The van der Waals surface area contributed by atoms with E-state index in [1.54, 1.807) is 11.6 Å². The van der Waals surface area contributed by atoms with E-state index in [1.807, 2.05) is 20.8 Å². The second-order valence-electron chi connectivity index (χ2n) is 12.0. The van der Waals surface area contributed by atoms with Gasteiger partial charge in [-0.3, -0.25) is 9.59 Å². The van der Waals surface area contributed by atoms with Gasteiger partial charge in [0.2, 0.25) is 0 Å². The fourth-order valence-electron chi connectivity index (χ4n) is 3.67. The molecule has 0 unspecified atom stereocenters. The standard InChI is InChI=1S/C26H36N10O4Si/c1-15(19-10-17(35-40-19)23(37)33-18-12-28-25(26(2,3)4)34-21(18)27)32-24(38)20-16-11-31-36(22(16)30-13-29-20)14-39-8-9-41(5,6)7/h10-13,15H,8-9,14H2,1-7H3,(H,32,38)(H,33,37)(H2,27,28,34)/t15-/m1/s1. The molecule has 0 fully saturated rings. The van der Waals surface area contributed by atoms with Gasteiger partial charge in [0.25, 0.3) is 11.8 Å². The molecule has 0 saturated heterocycles. The number of rotatable bonds is 10. The number of nitrogen functional groups attached to an aromatic ring is 1. The van der Waals surface area contributed by atoms with Crippen molar-refractivity contribution >= 4 is 42.4 Å². The van der Waals surface area contributed by atoms with Crippen molar-refractivity contribution in [1.29, 1.82) is 0 Å². The van der Waals surface area contributed by atoms with Gasteiger partial charge in [-0.2, -0.15) is 5.10 Å². The lowest BCUT2D eigenvalue weighted by atomic mass is 9.96. The van der Waals surface area contributed by atoms with Crippen molar-refractivity contribution in [3.8, 4) is 0 Å². The lowest BCUT2D eigenvalue weighted by Crippen LogP contribution is -2.27. The number of nitrogens with one attached hydrogen (secondary N) is 2. The van der Waals surface area contributed by atoms with Crippen LogP contribution in [0.4, 0.5) is 11.5 Å². The van der Waals surface area contributed by atoms with E-state index in [0.717, 1.165) is 6.04 Å². The number of fused-ring (bicyclic) bond motifs is 1. The summed E-state index contributed by atoms with van der Waals surface area (Å²) in [5.74, 6) is -0.0575. The maximum atomic E-state index is 13.1. The molecule has 218 valence electrons. The number of nitrogens with zero attached hydrogens (tertiary/aromatic N) is 7. The zero-order valence-corrected chi connectivity index (χ0v) is 25.3. The molecule has 0 aliphatic carbocycles. The third-order valence-corrected chi connectivity index (χ3v) is 7.84. The molecular formula is C26H36N10O4Si. The van der Waals surface area contributed by atoms with E-state index >= 15 is 0 Å². The maximum Gasteiger partial charge on any atom is 0.277 e. The van der Waals surface area contributed by atoms with Gasteiger partial charge in [-0.15, -0.1) is 0 Å². The summed E-state index contributed by atoms with van der Waals surface area (Å²) >= 11 is 0. The van der Waals surface area contributed by atoms with Crippen molar-refractivity contribution in [2.24, 2.45) is 0 Å².